The molecule has 2 atom stereocenters. The first-order valence-corrected chi connectivity index (χ1v) is 9.45. The molecule has 0 bridgehead atoms. The molecule has 0 spiro atoms. The highest BCUT2D eigenvalue weighted by molar-refractivity contribution is 6.31. The molecule has 0 aromatic heterocycles. The summed E-state index contributed by atoms with van der Waals surface area (Å²) in [5.74, 6) is -0.387. The lowest BCUT2D eigenvalue weighted by Gasteiger charge is -2.44. The summed E-state index contributed by atoms with van der Waals surface area (Å²) in [5, 5.41) is 3.36. The maximum atomic E-state index is 13.2. The second kappa shape index (κ2) is 7.94. The Morgan fingerprint density at radius 1 is 1.35 bits per heavy atom. The average Bonchev–Trinajstić information content (AvgIpc) is 2.68. The SMILES string of the molecule is CCC1(CC)CN(C(=O)[C@H]2OCC(=O)N[C@@H]2c2ccccc2Cl)CCO1. The van der Waals surface area contributed by atoms with Crippen molar-refractivity contribution in [2.75, 3.05) is 26.3 Å². The van der Waals surface area contributed by atoms with E-state index in [2.05, 4.69) is 19.2 Å². The molecular weight excluding hydrogens is 356 g/mol. The van der Waals surface area contributed by atoms with Crippen LogP contribution in [0.25, 0.3) is 0 Å². The van der Waals surface area contributed by atoms with Crippen molar-refractivity contribution >= 4 is 23.4 Å². The number of benzene rings is 1. The smallest absolute Gasteiger partial charge is 0.254 e. The molecule has 2 aliphatic rings. The number of hydrogen-bond acceptors (Lipinski definition) is 4. The molecule has 142 valence electrons. The van der Waals surface area contributed by atoms with Gasteiger partial charge in [-0.05, 0) is 24.5 Å². The van der Waals surface area contributed by atoms with Gasteiger partial charge in [0.1, 0.15) is 6.61 Å². The van der Waals surface area contributed by atoms with Gasteiger partial charge < -0.3 is 19.7 Å². The molecule has 0 saturated carbocycles. The fourth-order valence-corrected chi connectivity index (χ4v) is 3.88. The van der Waals surface area contributed by atoms with Crippen molar-refractivity contribution < 1.29 is 19.1 Å². The van der Waals surface area contributed by atoms with Crippen LogP contribution in [-0.2, 0) is 19.1 Å². The van der Waals surface area contributed by atoms with Crippen molar-refractivity contribution in [3.8, 4) is 0 Å². The van der Waals surface area contributed by atoms with Crippen LogP contribution < -0.4 is 5.32 Å². The van der Waals surface area contributed by atoms with Gasteiger partial charge in [0, 0.05) is 18.1 Å². The first-order chi connectivity index (χ1) is 12.5. The number of rotatable bonds is 4. The molecule has 1 N–H and O–H groups in total. The average molecular weight is 381 g/mol. The van der Waals surface area contributed by atoms with Gasteiger partial charge in [-0.2, -0.15) is 0 Å². The maximum Gasteiger partial charge on any atom is 0.254 e. The summed E-state index contributed by atoms with van der Waals surface area (Å²) >= 11 is 6.30. The van der Waals surface area contributed by atoms with Gasteiger partial charge in [-0.25, -0.2) is 0 Å². The fourth-order valence-electron chi connectivity index (χ4n) is 3.63. The van der Waals surface area contributed by atoms with Crippen molar-refractivity contribution in [3.63, 3.8) is 0 Å². The summed E-state index contributed by atoms with van der Waals surface area (Å²) in [4.78, 5) is 26.9. The molecule has 6 nitrogen and oxygen atoms in total. The van der Waals surface area contributed by atoms with Gasteiger partial charge in [-0.3, -0.25) is 9.59 Å². The number of ether oxygens (including phenoxy) is 2. The summed E-state index contributed by atoms with van der Waals surface area (Å²) in [7, 11) is 0. The van der Waals surface area contributed by atoms with Gasteiger partial charge in [0.05, 0.1) is 18.2 Å². The van der Waals surface area contributed by atoms with Crippen molar-refractivity contribution in [1.82, 2.24) is 10.2 Å². The summed E-state index contributed by atoms with van der Waals surface area (Å²) in [5.41, 5.74) is 0.372. The Labute approximate surface area is 158 Å². The monoisotopic (exact) mass is 380 g/mol. The van der Waals surface area contributed by atoms with E-state index in [1.54, 1.807) is 11.0 Å². The molecule has 0 aliphatic carbocycles. The summed E-state index contributed by atoms with van der Waals surface area (Å²) in [6, 6.07) is 6.60. The van der Waals surface area contributed by atoms with Crippen molar-refractivity contribution in [2.24, 2.45) is 0 Å². The predicted octanol–water partition coefficient (Wildman–Crippen LogP) is 2.31. The van der Waals surface area contributed by atoms with Gasteiger partial charge in [0.25, 0.3) is 5.91 Å². The molecule has 2 fully saturated rings. The second-order valence-electron chi connectivity index (χ2n) is 6.80. The van der Waals surface area contributed by atoms with E-state index in [-0.39, 0.29) is 24.0 Å². The minimum atomic E-state index is -0.794. The van der Waals surface area contributed by atoms with E-state index in [1.807, 2.05) is 18.2 Å². The molecule has 2 amide bonds. The first-order valence-electron chi connectivity index (χ1n) is 9.08. The zero-order valence-electron chi connectivity index (χ0n) is 15.2. The summed E-state index contributed by atoms with van der Waals surface area (Å²) < 4.78 is 11.6. The Balaban J connectivity index is 1.84. The number of carbonyl (C=O) groups excluding carboxylic acids is 2. The number of hydrogen-bond donors (Lipinski definition) is 1. The molecule has 2 heterocycles. The molecule has 3 rings (SSSR count). The van der Waals surface area contributed by atoms with Crippen LogP contribution in [0.3, 0.4) is 0 Å². The Morgan fingerprint density at radius 2 is 2.08 bits per heavy atom. The topological polar surface area (TPSA) is 67.9 Å². The Kier molecular flexibility index (Phi) is 5.85. The normalized spacial score (nSPS) is 25.7. The Bertz CT molecular complexity index is 677. The van der Waals surface area contributed by atoms with Crippen LogP contribution in [0, 0.1) is 0 Å². The number of morpholine rings is 2. The number of carbonyl (C=O) groups is 2. The van der Waals surface area contributed by atoms with Gasteiger partial charge in [-0.15, -0.1) is 0 Å². The molecule has 0 unspecified atom stereocenters. The standard InChI is InChI=1S/C19H25ClN2O4/c1-3-19(4-2)12-22(9-10-26-19)18(24)17-16(21-15(23)11-25-17)13-7-5-6-8-14(13)20/h5-8,16-17H,3-4,9-12H2,1-2H3,(H,21,23)/t16-,17+/m1/s1. The van der Waals surface area contributed by atoms with E-state index in [4.69, 9.17) is 21.1 Å². The highest BCUT2D eigenvalue weighted by Gasteiger charge is 2.42. The van der Waals surface area contributed by atoms with E-state index in [9.17, 15) is 9.59 Å². The molecule has 2 saturated heterocycles. The molecule has 1 aromatic carbocycles. The van der Waals surface area contributed by atoms with Gasteiger partial charge in [0.2, 0.25) is 5.91 Å². The van der Waals surface area contributed by atoms with Crippen LogP contribution >= 0.6 is 11.6 Å². The lowest BCUT2D eigenvalue weighted by molar-refractivity contribution is -0.169. The molecule has 7 heteroatoms. The van der Waals surface area contributed by atoms with E-state index >= 15 is 0 Å². The van der Waals surface area contributed by atoms with Crippen LogP contribution in [-0.4, -0.2) is 54.7 Å². The minimum absolute atomic E-state index is 0.131. The van der Waals surface area contributed by atoms with Crippen molar-refractivity contribution in [2.45, 2.75) is 44.4 Å². The number of nitrogens with one attached hydrogen (secondary N) is 1. The highest BCUT2D eigenvalue weighted by Crippen LogP contribution is 2.31. The molecule has 26 heavy (non-hydrogen) atoms. The maximum absolute atomic E-state index is 13.2. The highest BCUT2D eigenvalue weighted by atomic mass is 35.5. The summed E-state index contributed by atoms with van der Waals surface area (Å²) in [6.45, 7) is 5.56. The van der Waals surface area contributed by atoms with Crippen LogP contribution in [0.4, 0.5) is 0 Å². The number of halogens is 1. The fraction of sp³-hybridized carbons (Fsp3) is 0.579. The third kappa shape index (κ3) is 3.72. The Hall–Kier alpha value is -1.63. The van der Waals surface area contributed by atoms with Crippen molar-refractivity contribution in [3.05, 3.63) is 34.9 Å². The molecular formula is C19H25ClN2O4. The first kappa shape index (κ1) is 19.1. The van der Waals surface area contributed by atoms with E-state index in [1.165, 1.54) is 0 Å². The molecule has 2 aliphatic heterocycles. The predicted molar refractivity (Wildman–Crippen MR) is 97.9 cm³/mol. The van der Waals surface area contributed by atoms with Crippen LogP contribution in [0.2, 0.25) is 5.02 Å². The minimum Gasteiger partial charge on any atom is -0.371 e. The third-order valence-corrected chi connectivity index (χ3v) is 5.69. The second-order valence-corrected chi connectivity index (χ2v) is 7.20. The van der Waals surface area contributed by atoms with E-state index < -0.39 is 12.1 Å². The van der Waals surface area contributed by atoms with Gasteiger partial charge in [0.15, 0.2) is 6.10 Å². The number of nitrogens with zero attached hydrogens (tertiary/aromatic N) is 1. The summed E-state index contributed by atoms with van der Waals surface area (Å²) in [6.07, 6.45) is 0.879. The molecule has 1 aromatic rings. The molecule has 0 radical (unpaired) electrons. The van der Waals surface area contributed by atoms with E-state index in [0.717, 1.165) is 12.8 Å². The lowest BCUT2D eigenvalue weighted by Crippen LogP contribution is -2.59. The quantitative estimate of drug-likeness (QED) is 0.870. The van der Waals surface area contributed by atoms with E-state index in [0.29, 0.717) is 30.3 Å². The van der Waals surface area contributed by atoms with Gasteiger partial charge in [-0.1, -0.05) is 43.6 Å². The van der Waals surface area contributed by atoms with Crippen LogP contribution in [0.5, 0.6) is 0 Å². The van der Waals surface area contributed by atoms with Crippen LogP contribution in [0.15, 0.2) is 24.3 Å². The van der Waals surface area contributed by atoms with Crippen LogP contribution in [0.1, 0.15) is 38.3 Å². The van der Waals surface area contributed by atoms with Crippen molar-refractivity contribution in [1.29, 1.82) is 0 Å². The zero-order valence-corrected chi connectivity index (χ0v) is 15.9. The lowest BCUT2D eigenvalue weighted by atomic mass is 9.93. The Morgan fingerprint density at radius 3 is 2.77 bits per heavy atom. The van der Waals surface area contributed by atoms with Gasteiger partial charge >= 0.3 is 0 Å². The zero-order chi connectivity index (χ0) is 18.7. The largest absolute Gasteiger partial charge is 0.371 e. The third-order valence-electron chi connectivity index (χ3n) is 5.35. The number of amides is 2.